The molecule has 0 amide bonds. The average molecular weight is 303 g/mol. The van der Waals surface area contributed by atoms with E-state index in [-0.39, 0.29) is 21.9 Å². The molecular weight excluding hydrogens is 284 g/mol. The van der Waals surface area contributed by atoms with Gasteiger partial charge in [-0.1, -0.05) is 24.6 Å². The molecule has 1 aliphatic heterocycles. The summed E-state index contributed by atoms with van der Waals surface area (Å²) >= 11 is 6.07. The van der Waals surface area contributed by atoms with Crippen molar-refractivity contribution in [3.8, 4) is 0 Å². The normalized spacial score (nSPS) is 25.5. The average Bonchev–Trinajstić information content (AvgIpc) is 2.32. The highest BCUT2D eigenvalue weighted by molar-refractivity contribution is 7.89. The van der Waals surface area contributed by atoms with Crippen LogP contribution in [0.5, 0.6) is 0 Å². The smallest absolute Gasteiger partial charge is 0.244 e. The van der Waals surface area contributed by atoms with Crippen molar-refractivity contribution in [2.75, 3.05) is 13.1 Å². The van der Waals surface area contributed by atoms with E-state index in [0.717, 1.165) is 5.56 Å². The SMILES string of the molecule is Cc1ccc(S(=O)(=O)N2CCC(N)C(C)C2)c(Cl)c1. The summed E-state index contributed by atoms with van der Waals surface area (Å²) in [6, 6.07) is 5.08. The Labute approximate surface area is 119 Å². The zero-order valence-electron chi connectivity index (χ0n) is 11.1. The van der Waals surface area contributed by atoms with Crippen molar-refractivity contribution in [3.05, 3.63) is 28.8 Å². The highest BCUT2D eigenvalue weighted by Gasteiger charge is 2.33. The summed E-state index contributed by atoms with van der Waals surface area (Å²) in [5.41, 5.74) is 6.87. The Balaban J connectivity index is 2.32. The number of hydrogen-bond acceptors (Lipinski definition) is 3. The molecule has 1 fully saturated rings. The van der Waals surface area contributed by atoms with Crippen LogP contribution in [0.25, 0.3) is 0 Å². The second kappa shape index (κ2) is 5.40. The molecular formula is C13H19ClN2O2S. The summed E-state index contributed by atoms with van der Waals surface area (Å²) < 4.78 is 26.6. The molecule has 4 nitrogen and oxygen atoms in total. The fourth-order valence-electron chi connectivity index (χ4n) is 2.30. The molecule has 1 saturated heterocycles. The Morgan fingerprint density at radius 1 is 1.42 bits per heavy atom. The van der Waals surface area contributed by atoms with Crippen LogP contribution >= 0.6 is 11.6 Å². The summed E-state index contributed by atoms with van der Waals surface area (Å²) in [4.78, 5) is 0.183. The fraction of sp³-hybridized carbons (Fsp3) is 0.538. The van der Waals surface area contributed by atoms with E-state index in [4.69, 9.17) is 17.3 Å². The quantitative estimate of drug-likeness (QED) is 0.909. The van der Waals surface area contributed by atoms with E-state index >= 15 is 0 Å². The van der Waals surface area contributed by atoms with Gasteiger partial charge in [0.1, 0.15) is 4.90 Å². The van der Waals surface area contributed by atoms with Gasteiger partial charge >= 0.3 is 0 Å². The molecule has 1 heterocycles. The van der Waals surface area contributed by atoms with Crippen molar-refractivity contribution in [2.24, 2.45) is 11.7 Å². The minimum absolute atomic E-state index is 0.0694. The molecule has 106 valence electrons. The van der Waals surface area contributed by atoms with Crippen molar-refractivity contribution < 1.29 is 8.42 Å². The minimum atomic E-state index is -3.52. The molecule has 1 aromatic carbocycles. The van der Waals surface area contributed by atoms with Gasteiger partial charge in [0, 0.05) is 19.1 Å². The first-order valence-electron chi connectivity index (χ1n) is 6.34. The highest BCUT2D eigenvalue weighted by Crippen LogP contribution is 2.28. The van der Waals surface area contributed by atoms with E-state index in [2.05, 4.69) is 0 Å². The number of halogens is 1. The van der Waals surface area contributed by atoms with Crippen molar-refractivity contribution >= 4 is 21.6 Å². The van der Waals surface area contributed by atoms with Crippen molar-refractivity contribution in [1.82, 2.24) is 4.31 Å². The Hall–Kier alpha value is -0.620. The van der Waals surface area contributed by atoms with Crippen LogP contribution in [0, 0.1) is 12.8 Å². The van der Waals surface area contributed by atoms with E-state index in [1.54, 1.807) is 18.2 Å². The van der Waals surface area contributed by atoms with E-state index in [1.807, 2.05) is 13.8 Å². The summed E-state index contributed by atoms with van der Waals surface area (Å²) in [7, 11) is -3.52. The Kier molecular flexibility index (Phi) is 4.20. The summed E-state index contributed by atoms with van der Waals surface area (Å²) in [5, 5.41) is 0.280. The van der Waals surface area contributed by atoms with E-state index in [0.29, 0.717) is 19.5 Å². The number of hydrogen-bond donors (Lipinski definition) is 1. The van der Waals surface area contributed by atoms with Gasteiger partial charge in [-0.05, 0) is 37.0 Å². The lowest BCUT2D eigenvalue weighted by Gasteiger charge is -2.34. The van der Waals surface area contributed by atoms with Crippen LogP contribution < -0.4 is 5.73 Å². The number of piperidine rings is 1. The van der Waals surface area contributed by atoms with Crippen LogP contribution in [0.2, 0.25) is 5.02 Å². The van der Waals surface area contributed by atoms with Crippen LogP contribution in [0.1, 0.15) is 18.9 Å². The maximum absolute atomic E-state index is 12.6. The topological polar surface area (TPSA) is 63.4 Å². The molecule has 0 aromatic heterocycles. The Morgan fingerprint density at radius 3 is 2.68 bits per heavy atom. The highest BCUT2D eigenvalue weighted by atomic mass is 35.5. The molecule has 6 heteroatoms. The molecule has 2 unspecified atom stereocenters. The first-order valence-corrected chi connectivity index (χ1v) is 8.16. The lowest BCUT2D eigenvalue weighted by atomic mass is 9.96. The number of benzene rings is 1. The third-order valence-corrected chi connectivity index (χ3v) is 5.99. The second-order valence-corrected chi connectivity index (χ2v) is 7.54. The molecule has 0 bridgehead atoms. The van der Waals surface area contributed by atoms with Crippen molar-refractivity contribution in [3.63, 3.8) is 0 Å². The van der Waals surface area contributed by atoms with Gasteiger partial charge in [-0.3, -0.25) is 0 Å². The molecule has 1 aromatic rings. The lowest BCUT2D eigenvalue weighted by Crippen LogP contribution is -2.48. The van der Waals surface area contributed by atoms with Crippen LogP contribution in [-0.4, -0.2) is 31.9 Å². The third kappa shape index (κ3) is 2.94. The van der Waals surface area contributed by atoms with Crippen LogP contribution in [0.4, 0.5) is 0 Å². The van der Waals surface area contributed by atoms with E-state index in [9.17, 15) is 8.42 Å². The second-order valence-electron chi connectivity index (χ2n) is 5.23. The minimum Gasteiger partial charge on any atom is -0.327 e. The lowest BCUT2D eigenvalue weighted by molar-refractivity contribution is 0.250. The predicted octanol–water partition coefficient (Wildman–Crippen LogP) is 2.01. The summed E-state index contributed by atoms with van der Waals surface area (Å²) in [5.74, 6) is 0.160. The van der Waals surface area contributed by atoms with Gasteiger partial charge in [0.2, 0.25) is 10.0 Å². The Morgan fingerprint density at radius 2 is 2.11 bits per heavy atom. The molecule has 0 spiro atoms. The monoisotopic (exact) mass is 302 g/mol. The third-order valence-electron chi connectivity index (χ3n) is 3.64. The summed E-state index contributed by atoms with van der Waals surface area (Å²) in [6.45, 7) is 4.76. The molecule has 1 aliphatic rings. The molecule has 0 radical (unpaired) electrons. The predicted molar refractivity (Wildman–Crippen MR) is 76.7 cm³/mol. The molecule has 0 saturated carbocycles. The van der Waals surface area contributed by atoms with Gasteiger partial charge in [-0.15, -0.1) is 0 Å². The van der Waals surface area contributed by atoms with Gasteiger partial charge in [-0.2, -0.15) is 4.31 Å². The molecule has 2 rings (SSSR count). The fourth-order valence-corrected chi connectivity index (χ4v) is 4.43. The van der Waals surface area contributed by atoms with Crippen LogP contribution in [0.15, 0.2) is 23.1 Å². The number of sulfonamides is 1. The van der Waals surface area contributed by atoms with Crippen LogP contribution in [-0.2, 0) is 10.0 Å². The first kappa shape index (κ1) is 14.8. The Bertz CT molecular complexity index is 574. The van der Waals surface area contributed by atoms with Gasteiger partial charge in [0.05, 0.1) is 5.02 Å². The zero-order chi connectivity index (χ0) is 14.2. The summed E-state index contributed by atoms with van der Waals surface area (Å²) in [6.07, 6.45) is 0.684. The maximum atomic E-state index is 12.6. The number of nitrogens with two attached hydrogens (primary N) is 1. The number of rotatable bonds is 2. The van der Waals surface area contributed by atoms with Gasteiger partial charge in [0.25, 0.3) is 0 Å². The maximum Gasteiger partial charge on any atom is 0.244 e. The van der Waals surface area contributed by atoms with E-state index in [1.165, 1.54) is 4.31 Å². The molecule has 19 heavy (non-hydrogen) atoms. The van der Waals surface area contributed by atoms with Crippen molar-refractivity contribution in [1.29, 1.82) is 0 Å². The number of nitrogens with zero attached hydrogens (tertiary/aromatic N) is 1. The van der Waals surface area contributed by atoms with Crippen LogP contribution in [0.3, 0.4) is 0 Å². The van der Waals surface area contributed by atoms with Gasteiger partial charge in [-0.25, -0.2) is 8.42 Å². The van der Waals surface area contributed by atoms with E-state index < -0.39 is 10.0 Å². The molecule has 0 aliphatic carbocycles. The van der Waals surface area contributed by atoms with Gasteiger partial charge in [0.15, 0.2) is 0 Å². The van der Waals surface area contributed by atoms with Gasteiger partial charge < -0.3 is 5.73 Å². The van der Waals surface area contributed by atoms with Crippen molar-refractivity contribution in [2.45, 2.75) is 31.2 Å². The molecule has 2 N–H and O–H groups in total. The standard InChI is InChI=1S/C13H19ClN2O2S/c1-9-3-4-13(11(14)7-9)19(17,18)16-6-5-12(15)10(2)8-16/h3-4,7,10,12H,5-6,8,15H2,1-2H3. The zero-order valence-corrected chi connectivity index (χ0v) is 12.7. The molecule has 2 atom stereocenters. The first-order chi connectivity index (χ1) is 8.82. The largest absolute Gasteiger partial charge is 0.327 e. The number of aryl methyl sites for hydroxylation is 1.